The van der Waals surface area contributed by atoms with Crippen molar-refractivity contribution in [2.24, 2.45) is 0 Å². The van der Waals surface area contributed by atoms with Crippen LogP contribution in [0.4, 0.5) is 36.2 Å². The minimum absolute atomic E-state index is 0.00692. The Morgan fingerprint density at radius 2 is 1.63 bits per heavy atom. The SMILES string of the molecule is CNS(=O)(=O)c1ccc(F)c(Nc2cc(Nc3ccc(OC(F)F)cc3)ncn2)c1. The summed E-state index contributed by atoms with van der Waals surface area (Å²) in [5, 5.41) is 5.64. The van der Waals surface area contributed by atoms with Crippen molar-refractivity contribution < 1.29 is 26.3 Å². The Bertz CT molecular complexity index is 1130. The lowest BCUT2D eigenvalue weighted by Crippen LogP contribution is -2.18. The highest BCUT2D eigenvalue weighted by Crippen LogP contribution is 2.25. The van der Waals surface area contributed by atoms with Crippen molar-refractivity contribution in [2.75, 3.05) is 17.7 Å². The molecule has 2 aromatic carbocycles. The van der Waals surface area contributed by atoms with Gasteiger partial charge in [0.1, 0.15) is 29.5 Å². The summed E-state index contributed by atoms with van der Waals surface area (Å²) in [6.07, 6.45) is 1.21. The van der Waals surface area contributed by atoms with Crippen LogP contribution >= 0.6 is 0 Å². The monoisotopic (exact) mass is 439 g/mol. The van der Waals surface area contributed by atoms with Gasteiger partial charge in [-0.3, -0.25) is 0 Å². The number of anilines is 4. The van der Waals surface area contributed by atoms with Gasteiger partial charge in [0.05, 0.1) is 10.6 Å². The highest BCUT2D eigenvalue weighted by Gasteiger charge is 2.15. The van der Waals surface area contributed by atoms with Gasteiger partial charge in [0, 0.05) is 11.8 Å². The predicted octanol–water partition coefficient (Wildman–Crippen LogP) is 3.61. The van der Waals surface area contributed by atoms with E-state index in [1.165, 1.54) is 43.7 Å². The topological polar surface area (TPSA) is 105 Å². The molecule has 0 radical (unpaired) electrons. The molecule has 0 saturated heterocycles. The van der Waals surface area contributed by atoms with Gasteiger partial charge in [0.25, 0.3) is 0 Å². The van der Waals surface area contributed by atoms with Gasteiger partial charge in [-0.25, -0.2) is 27.5 Å². The maximum absolute atomic E-state index is 14.1. The fourth-order valence-corrected chi connectivity index (χ4v) is 3.14. The van der Waals surface area contributed by atoms with Crippen LogP contribution in [0.3, 0.4) is 0 Å². The molecule has 3 rings (SSSR count). The zero-order chi connectivity index (χ0) is 21.7. The average molecular weight is 439 g/mol. The molecule has 0 unspecified atom stereocenters. The molecule has 0 aliphatic heterocycles. The molecule has 158 valence electrons. The molecule has 0 bridgehead atoms. The first-order valence-corrected chi connectivity index (χ1v) is 9.89. The number of nitrogens with one attached hydrogen (secondary N) is 3. The summed E-state index contributed by atoms with van der Waals surface area (Å²) in [5.41, 5.74) is 0.444. The number of sulfonamides is 1. The quantitative estimate of drug-likeness (QED) is 0.492. The van der Waals surface area contributed by atoms with E-state index >= 15 is 0 Å². The first-order chi connectivity index (χ1) is 14.3. The number of alkyl halides is 2. The van der Waals surface area contributed by atoms with Gasteiger partial charge in [0.15, 0.2) is 0 Å². The maximum Gasteiger partial charge on any atom is 0.387 e. The largest absolute Gasteiger partial charge is 0.435 e. The van der Waals surface area contributed by atoms with E-state index in [9.17, 15) is 21.6 Å². The molecule has 0 atom stereocenters. The fraction of sp³-hybridized carbons (Fsp3) is 0.111. The first-order valence-electron chi connectivity index (χ1n) is 8.41. The molecule has 1 heterocycles. The number of halogens is 3. The highest BCUT2D eigenvalue weighted by molar-refractivity contribution is 7.89. The number of aromatic nitrogens is 2. The summed E-state index contributed by atoms with van der Waals surface area (Å²) in [5.74, 6) is -0.141. The predicted molar refractivity (Wildman–Crippen MR) is 104 cm³/mol. The van der Waals surface area contributed by atoms with E-state index in [1.807, 2.05) is 0 Å². The Labute approximate surface area is 170 Å². The molecular formula is C18H16F3N5O3S. The molecule has 1 aromatic heterocycles. The van der Waals surface area contributed by atoms with Crippen LogP contribution in [-0.2, 0) is 10.0 Å². The van der Waals surface area contributed by atoms with E-state index in [2.05, 4.69) is 30.1 Å². The number of hydrogen-bond donors (Lipinski definition) is 3. The summed E-state index contributed by atoms with van der Waals surface area (Å²) in [6, 6.07) is 10.5. The third kappa shape index (κ3) is 5.36. The summed E-state index contributed by atoms with van der Waals surface area (Å²) >= 11 is 0. The molecule has 0 saturated carbocycles. The molecule has 0 aliphatic carbocycles. The second kappa shape index (κ2) is 8.97. The van der Waals surface area contributed by atoms with Crippen LogP contribution in [0.1, 0.15) is 0 Å². The number of nitrogens with zero attached hydrogens (tertiary/aromatic N) is 2. The molecule has 3 aromatic rings. The van der Waals surface area contributed by atoms with Gasteiger partial charge in [-0.1, -0.05) is 0 Å². The zero-order valence-electron chi connectivity index (χ0n) is 15.4. The Kier molecular flexibility index (Phi) is 6.37. The Morgan fingerprint density at radius 3 is 2.27 bits per heavy atom. The lowest BCUT2D eigenvalue weighted by atomic mass is 10.3. The zero-order valence-corrected chi connectivity index (χ0v) is 16.3. The van der Waals surface area contributed by atoms with Gasteiger partial charge in [-0.2, -0.15) is 8.78 Å². The van der Waals surface area contributed by atoms with Crippen molar-refractivity contribution >= 4 is 33.0 Å². The summed E-state index contributed by atoms with van der Waals surface area (Å²) in [4.78, 5) is 7.89. The minimum atomic E-state index is -3.75. The number of ether oxygens (including phenoxy) is 1. The normalized spacial score (nSPS) is 11.4. The van der Waals surface area contributed by atoms with Crippen molar-refractivity contribution in [3.05, 3.63) is 60.7 Å². The minimum Gasteiger partial charge on any atom is -0.435 e. The van der Waals surface area contributed by atoms with E-state index in [1.54, 1.807) is 0 Å². The van der Waals surface area contributed by atoms with Crippen LogP contribution in [0.2, 0.25) is 0 Å². The van der Waals surface area contributed by atoms with Crippen LogP contribution < -0.4 is 20.1 Å². The van der Waals surface area contributed by atoms with Crippen molar-refractivity contribution in [3.8, 4) is 5.75 Å². The molecular weight excluding hydrogens is 423 g/mol. The molecule has 8 nitrogen and oxygen atoms in total. The highest BCUT2D eigenvalue weighted by atomic mass is 32.2. The van der Waals surface area contributed by atoms with Gasteiger partial charge in [-0.15, -0.1) is 0 Å². The second-order valence-corrected chi connectivity index (χ2v) is 7.68. The Morgan fingerprint density at radius 1 is 0.967 bits per heavy atom. The number of benzene rings is 2. The van der Waals surface area contributed by atoms with Crippen LogP contribution in [0.25, 0.3) is 0 Å². The fourth-order valence-electron chi connectivity index (χ4n) is 2.38. The molecule has 12 heteroatoms. The van der Waals surface area contributed by atoms with E-state index < -0.39 is 22.5 Å². The third-order valence-electron chi connectivity index (χ3n) is 3.80. The van der Waals surface area contributed by atoms with Gasteiger partial charge in [0.2, 0.25) is 10.0 Å². The van der Waals surface area contributed by atoms with Crippen LogP contribution in [0.5, 0.6) is 5.75 Å². The van der Waals surface area contributed by atoms with Crippen molar-refractivity contribution in [3.63, 3.8) is 0 Å². The van der Waals surface area contributed by atoms with E-state index in [-0.39, 0.29) is 22.2 Å². The van der Waals surface area contributed by atoms with Crippen LogP contribution in [0, 0.1) is 5.82 Å². The first kappa shape index (κ1) is 21.3. The van der Waals surface area contributed by atoms with E-state index in [0.717, 1.165) is 18.2 Å². The maximum atomic E-state index is 14.1. The van der Waals surface area contributed by atoms with Gasteiger partial charge in [-0.05, 0) is 49.5 Å². The summed E-state index contributed by atoms with van der Waals surface area (Å²) in [6.45, 7) is -2.92. The molecule has 30 heavy (non-hydrogen) atoms. The van der Waals surface area contributed by atoms with E-state index in [0.29, 0.717) is 11.5 Å². The van der Waals surface area contributed by atoms with Crippen LogP contribution in [-0.4, -0.2) is 32.0 Å². The third-order valence-corrected chi connectivity index (χ3v) is 5.21. The van der Waals surface area contributed by atoms with Gasteiger partial charge < -0.3 is 15.4 Å². The van der Waals surface area contributed by atoms with Crippen molar-refractivity contribution in [1.82, 2.24) is 14.7 Å². The second-order valence-electron chi connectivity index (χ2n) is 5.79. The van der Waals surface area contributed by atoms with Crippen molar-refractivity contribution in [2.45, 2.75) is 11.5 Å². The van der Waals surface area contributed by atoms with Crippen LogP contribution in [0.15, 0.2) is 59.8 Å². The smallest absolute Gasteiger partial charge is 0.387 e. The van der Waals surface area contributed by atoms with Gasteiger partial charge >= 0.3 is 6.61 Å². The van der Waals surface area contributed by atoms with Crippen molar-refractivity contribution in [1.29, 1.82) is 0 Å². The molecule has 0 spiro atoms. The standard InChI is InChI=1S/C18H16F3N5O3S/c1-22-30(27,28)13-6-7-14(19)15(8-13)26-17-9-16(23-10-24-17)25-11-2-4-12(5-3-11)29-18(20)21/h2-10,18,22H,1H3,(H2,23,24,25,26). The molecule has 0 aliphatic rings. The summed E-state index contributed by atoms with van der Waals surface area (Å²) < 4.78 is 68.8. The van der Waals surface area contributed by atoms with E-state index in [4.69, 9.17) is 0 Å². The number of rotatable bonds is 8. The molecule has 0 amide bonds. The average Bonchev–Trinajstić information content (AvgIpc) is 2.71. The lowest BCUT2D eigenvalue weighted by molar-refractivity contribution is -0.0498. The Hall–Kier alpha value is -3.38. The Balaban J connectivity index is 1.77. The lowest BCUT2D eigenvalue weighted by Gasteiger charge is -2.11. The molecule has 3 N–H and O–H groups in total. The number of hydrogen-bond acceptors (Lipinski definition) is 7. The molecule has 0 fully saturated rings. The summed E-state index contributed by atoms with van der Waals surface area (Å²) in [7, 11) is -2.50.